The van der Waals surface area contributed by atoms with Gasteiger partial charge in [0, 0.05) is 18.3 Å². The van der Waals surface area contributed by atoms with Gasteiger partial charge in [0.15, 0.2) is 0 Å². The van der Waals surface area contributed by atoms with Crippen LogP contribution in [0.2, 0.25) is 0 Å². The summed E-state index contributed by atoms with van der Waals surface area (Å²) in [5.41, 5.74) is 5.98. The average Bonchev–Trinajstić information content (AvgIpc) is 2.57. The van der Waals surface area contributed by atoms with Crippen molar-refractivity contribution < 1.29 is 9.53 Å². The third-order valence-electron chi connectivity index (χ3n) is 1.36. The quantitative estimate of drug-likeness (QED) is 0.593. The number of H-pyrrole nitrogens is 1. The summed E-state index contributed by atoms with van der Waals surface area (Å²) in [6, 6.07) is 0. The highest BCUT2D eigenvalue weighted by molar-refractivity contribution is 5.71. The molecule has 0 aliphatic heterocycles. The molecular formula is C7H11N3O2. The molecule has 0 aliphatic carbocycles. The highest BCUT2D eigenvalue weighted by atomic mass is 16.5. The summed E-state index contributed by atoms with van der Waals surface area (Å²) in [4.78, 5) is 17.3. The lowest BCUT2D eigenvalue weighted by atomic mass is 10.3. The number of esters is 1. The van der Waals surface area contributed by atoms with Crippen LogP contribution in [-0.2, 0) is 16.0 Å². The summed E-state index contributed by atoms with van der Waals surface area (Å²) in [7, 11) is 0. The van der Waals surface area contributed by atoms with E-state index in [1.165, 1.54) is 0 Å². The van der Waals surface area contributed by atoms with Crippen molar-refractivity contribution in [1.82, 2.24) is 9.97 Å². The van der Waals surface area contributed by atoms with Crippen LogP contribution in [0.3, 0.4) is 0 Å². The van der Waals surface area contributed by atoms with Gasteiger partial charge in [-0.1, -0.05) is 0 Å². The minimum atomic E-state index is -0.380. The number of carbonyl (C=O) groups is 1. The molecule has 5 heteroatoms. The summed E-state index contributed by atoms with van der Waals surface area (Å²) in [5.74, 6) is -0.380. The molecule has 1 rings (SSSR count). The number of nitrogens with two attached hydrogens (primary N) is 1. The first kappa shape index (κ1) is 8.73. The molecule has 0 aliphatic rings. The smallest absolute Gasteiger partial charge is 0.319 e. The molecule has 5 nitrogen and oxygen atoms in total. The summed E-state index contributed by atoms with van der Waals surface area (Å²) >= 11 is 0. The molecule has 1 aromatic rings. The first-order chi connectivity index (χ1) is 5.83. The Morgan fingerprint density at radius 2 is 2.58 bits per heavy atom. The van der Waals surface area contributed by atoms with E-state index in [9.17, 15) is 4.79 Å². The number of hydrogen-bond acceptors (Lipinski definition) is 4. The van der Waals surface area contributed by atoms with Gasteiger partial charge in [0.05, 0.1) is 19.5 Å². The Morgan fingerprint density at radius 1 is 1.75 bits per heavy atom. The van der Waals surface area contributed by atoms with Gasteiger partial charge < -0.3 is 15.5 Å². The number of aromatic amines is 1. The van der Waals surface area contributed by atoms with Crippen molar-refractivity contribution in [1.29, 1.82) is 0 Å². The van der Waals surface area contributed by atoms with Crippen molar-refractivity contribution in [3.63, 3.8) is 0 Å². The van der Waals surface area contributed by atoms with E-state index in [0.717, 1.165) is 5.69 Å². The summed E-state index contributed by atoms with van der Waals surface area (Å²) in [6.07, 6.45) is 3.92. The van der Waals surface area contributed by atoms with Crippen LogP contribution in [0.5, 0.6) is 0 Å². The van der Waals surface area contributed by atoms with E-state index in [0.29, 0.717) is 13.0 Å². The van der Waals surface area contributed by atoms with Crippen molar-refractivity contribution in [2.75, 3.05) is 13.2 Å². The molecule has 12 heavy (non-hydrogen) atoms. The molecule has 3 N–H and O–H groups in total. The highest BCUT2D eigenvalue weighted by Gasteiger charge is 1.98. The molecule has 0 radical (unpaired) electrons. The first-order valence-electron chi connectivity index (χ1n) is 3.66. The molecule has 0 amide bonds. The summed E-state index contributed by atoms with van der Waals surface area (Å²) < 4.78 is 4.75. The number of imidazole rings is 1. The third kappa shape index (κ3) is 2.71. The molecule has 0 saturated carbocycles. The molecule has 0 bridgehead atoms. The van der Waals surface area contributed by atoms with Crippen LogP contribution in [-0.4, -0.2) is 29.1 Å². The van der Waals surface area contributed by atoms with E-state index < -0.39 is 0 Å². The minimum absolute atomic E-state index is 0.0665. The monoisotopic (exact) mass is 169 g/mol. The Labute approximate surface area is 69.9 Å². The Balaban J connectivity index is 2.15. The standard InChI is InChI=1S/C7H11N3O2/c8-3-7(11)12-2-1-6-4-9-5-10-6/h4-5H,1-3,8H2,(H,9,10). The Bertz CT molecular complexity index is 233. The lowest BCUT2D eigenvalue weighted by Gasteiger charge is -2.00. The SMILES string of the molecule is NCC(=O)OCCc1cnc[nH]1. The zero-order chi connectivity index (χ0) is 8.81. The maximum atomic E-state index is 10.6. The number of nitrogens with one attached hydrogen (secondary N) is 1. The molecule has 0 spiro atoms. The second-order valence-corrected chi connectivity index (χ2v) is 2.25. The van der Waals surface area contributed by atoms with E-state index in [1.807, 2.05) is 0 Å². The number of rotatable bonds is 4. The Hall–Kier alpha value is -1.36. The van der Waals surface area contributed by atoms with E-state index in [4.69, 9.17) is 10.5 Å². The van der Waals surface area contributed by atoms with Crippen LogP contribution in [0.25, 0.3) is 0 Å². The van der Waals surface area contributed by atoms with E-state index >= 15 is 0 Å². The van der Waals surface area contributed by atoms with Gasteiger partial charge in [-0.3, -0.25) is 4.79 Å². The van der Waals surface area contributed by atoms with Gasteiger partial charge in [-0.05, 0) is 0 Å². The van der Waals surface area contributed by atoms with Gasteiger partial charge in [-0.2, -0.15) is 0 Å². The van der Waals surface area contributed by atoms with Crippen molar-refractivity contribution in [2.24, 2.45) is 5.73 Å². The molecule has 0 aromatic carbocycles. The van der Waals surface area contributed by atoms with Gasteiger partial charge in [0.1, 0.15) is 0 Å². The Kier molecular flexibility index (Phi) is 3.28. The van der Waals surface area contributed by atoms with Gasteiger partial charge in [-0.25, -0.2) is 4.98 Å². The van der Waals surface area contributed by atoms with E-state index in [2.05, 4.69) is 9.97 Å². The van der Waals surface area contributed by atoms with Crippen molar-refractivity contribution in [3.05, 3.63) is 18.2 Å². The lowest BCUT2D eigenvalue weighted by molar-refractivity contribution is -0.141. The number of ether oxygens (including phenoxy) is 1. The second-order valence-electron chi connectivity index (χ2n) is 2.25. The molecule has 1 aromatic heterocycles. The molecule has 0 atom stereocenters. The molecule has 0 fully saturated rings. The molecule has 1 heterocycles. The fourth-order valence-electron chi connectivity index (χ4n) is 0.755. The van der Waals surface area contributed by atoms with E-state index in [-0.39, 0.29) is 12.5 Å². The predicted molar refractivity (Wildman–Crippen MR) is 42.3 cm³/mol. The van der Waals surface area contributed by atoms with Crippen molar-refractivity contribution >= 4 is 5.97 Å². The van der Waals surface area contributed by atoms with Crippen LogP contribution in [0, 0.1) is 0 Å². The zero-order valence-corrected chi connectivity index (χ0v) is 6.62. The van der Waals surface area contributed by atoms with Crippen LogP contribution < -0.4 is 5.73 Å². The van der Waals surface area contributed by atoms with Crippen LogP contribution in [0.1, 0.15) is 5.69 Å². The van der Waals surface area contributed by atoms with Gasteiger partial charge in [0.25, 0.3) is 0 Å². The van der Waals surface area contributed by atoms with E-state index in [1.54, 1.807) is 12.5 Å². The highest BCUT2D eigenvalue weighted by Crippen LogP contribution is 1.92. The third-order valence-corrected chi connectivity index (χ3v) is 1.36. The maximum Gasteiger partial charge on any atom is 0.319 e. The number of carbonyl (C=O) groups excluding carboxylic acids is 1. The average molecular weight is 169 g/mol. The fraction of sp³-hybridized carbons (Fsp3) is 0.429. The number of aromatic nitrogens is 2. The summed E-state index contributed by atoms with van der Waals surface area (Å²) in [6.45, 7) is 0.279. The topological polar surface area (TPSA) is 81.0 Å². The number of nitrogens with zero attached hydrogens (tertiary/aromatic N) is 1. The molecule has 66 valence electrons. The molecule has 0 saturated heterocycles. The largest absolute Gasteiger partial charge is 0.464 e. The molecular weight excluding hydrogens is 158 g/mol. The predicted octanol–water partition coefficient (Wildman–Crippen LogP) is -0.546. The maximum absolute atomic E-state index is 10.6. The second kappa shape index (κ2) is 4.50. The fourth-order valence-corrected chi connectivity index (χ4v) is 0.755. The zero-order valence-electron chi connectivity index (χ0n) is 6.62. The van der Waals surface area contributed by atoms with Crippen molar-refractivity contribution in [3.8, 4) is 0 Å². The van der Waals surface area contributed by atoms with Gasteiger partial charge in [0.2, 0.25) is 0 Å². The molecule has 0 unspecified atom stereocenters. The lowest BCUT2D eigenvalue weighted by Crippen LogP contribution is -2.17. The minimum Gasteiger partial charge on any atom is -0.464 e. The summed E-state index contributed by atoms with van der Waals surface area (Å²) in [5, 5.41) is 0. The Morgan fingerprint density at radius 3 is 3.17 bits per heavy atom. The van der Waals surface area contributed by atoms with Crippen LogP contribution in [0.4, 0.5) is 0 Å². The van der Waals surface area contributed by atoms with Crippen LogP contribution in [0.15, 0.2) is 12.5 Å². The van der Waals surface area contributed by atoms with Gasteiger partial charge in [-0.15, -0.1) is 0 Å². The van der Waals surface area contributed by atoms with Gasteiger partial charge >= 0.3 is 5.97 Å². The first-order valence-corrected chi connectivity index (χ1v) is 3.66. The van der Waals surface area contributed by atoms with Crippen molar-refractivity contribution in [2.45, 2.75) is 6.42 Å². The normalized spacial score (nSPS) is 9.75. The van der Waals surface area contributed by atoms with Crippen LogP contribution >= 0.6 is 0 Å². The number of hydrogen-bond donors (Lipinski definition) is 2.